The molecular weight excluding hydrogens is 404 g/mol. The van der Waals surface area contributed by atoms with Crippen molar-refractivity contribution in [2.24, 2.45) is 0 Å². The van der Waals surface area contributed by atoms with E-state index < -0.39 is 0 Å². The Labute approximate surface area is 176 Å². The number of benzene rings is 2. The predicted octanol–water partition coefficient (Wildman–Crippen LogP) is 3.82. The monoisotopic (exact) mass is 422 g/mol. The molecule has 2 heterocycles. The van der Waals surface area contributed by atoms with E-state index in [9.17, 15) is 4.79 Å². The zero-order valence-corrected chi connectivity index (χ0v) is 17.2. The molecule has 4 rings (SSSR count). The SMILES string of the molecule is Cc1sc(NC(=O)CSc2nnc(-c3ccccc3)n2N)nc1-c1ccccc1. The highest BCUT2D eigenvalue weighted by Gasteiger charge is 2.15. The summed E-state index contributed by atoms with van der Waals surface area (Å²) in [5, 5.41) is 12.1. The molecule has 0 aliphatic rings. The number of carbonyl (C=O) groups is 1. The Bertz CT molecular complexity index is 1120. The van der Waals surface area contributed by atoms with Crippen LogP contribution < -0.4 is 11.2 Å². The quantitative estimate of drug-likeness (QED) is 0.362. The summed E-state index contributed by atoms with van der Waals surface area (Å²) in [4.78, 5) is 18.0. The molecule has 29 heavy (non-hydrogen) atoms. The van der Waals surface area contributed by atoms with E-state index in [1.165, 1.54) is 27.8 Å². The second-order valence-electron chi connectivity index (χ2n) is 6.17. The Hall–Kier alpha value is -3.17. The summed E-state index contributed by atoms with van der Waals surface area (Å²) in [7, 11) is 0. The zero-order valence-electron chi connectivity index (χ0n) is 15.6. The number of carbonyl (C=O) groups excluding carboxylic acids is 1. The van der Waals surface area contributed by atoms with Crippen molar-refractivity contribution >= 4 is 34.1 Å². The maximum absolute atomic E-state index is 12.4. The van der Waals surface area contributed by atoms with Crippen LogP contribution in [0.15, 0.2) is 65.8 Å². The van der Waals surface area contributed by atoms with Crippen LogP contribution in [-0.2, 0) is 4.79 Å². The molecule has 146 valence electrons. The maximum Gasteiger partial charge on any atom is 0.236 e. The van der Waals surface area contributed by atoms with E-state index in [-0.39, 0.29) is 11.7 Å². The van der Waals surface area contributed by atoms with Crippen LogP contribution in [0.25, 0.3) is 22.6 Å². The summed E-state index contributed by atoms with van der Waals surface area (Å²) < 4.78 is 1.40. The van der Waals surface area contributed by atoms with E-state index in [2.05, 4.69) is 20.5 Å². The van der Waals surface area contributed by atoms with Gasteiger partial charge in [0, 0.05) is 16.0 Å². The van der Waals surface area contributed by atoms with Gasteiger partial charge < -0.3 is 11.2 Å². The van der Waals surface area contributed by atoms with Crippen molar-refractivity contribution < 1.29 is 4.79 Å². The van der Waals surface area contributed by atoms with Gasteiger partial charge in [0.25, 0.3) is 0 Å². The smallest absolute Gasteiger partial charge is 0.236 e. The van der Waals surface area contributed by atoms with E-state index in [1.54, 1.807) is 0 Å². The van der Waals surface area contributed by atoms with Gasteiger partial charge in [-0.15, -0.1) is 21.5 Å². The van der Waals surface area contributed by atoms with Crippen LogP contribution in [0.3, 0.4) is 0 Å². The first-order valence-corrected chi connectivity index (χ1v) is 10.6. The molecule has 1 amide bonds. The lowest BCUT2D eigenvalue weighted by Crippen LogP contribution is -2.16. The van der Waals surface area contributed by atoms with Gasteiger partial charge >= 0.3 is 0 Å². The average molecular weight is 423 g/mol. The molecule has 9 heteroatoms. The number of hydrogen-bond acceptors (Lipinski definition) is 7. The number of anilines is 1. The highest BCUT2D eigenvalue weighted by atomic mass is 32.2. The summed E-state index contributed by atoms with van der Waals surface area (Å²) in [5.74, 6) is 6.63. The fourth-order valence-corrected chi connectivity index (χ4v) is 4.27. The average Bonchev–Trinajstić information content (AvgIpc) is 3.29. The molecule has 7 nitrogen and oxygen atoms in total. The molecule has 0 unspecified atom stereocenters. The lowest BCUT2D eigenvalue weighted by Gasteiger charge is -2.04. The Morgan fingerprint density at radius 3 is 2.41 bits per heavy atom. The number of hydrogen-bond donors (Lipinski definition) is 2. The molecule has 0 saturated carbocycles. The van der Waals surface area contributed by atoms with Crippen LogP contribution in [0.1, 0.15) is 4.88 Å². The van der Waals surface area contributed by atoms with E-state index in [0.29, 0.717) is 16.1 Å². The first-order chi connectivity index (χ1) is 14.1. The van der Waals surface area contributed by atoms with Gasteiger partial charge in [-0.25, -0.2) is 9.66 Å². The number of nitrogens with zero attached hydrogens (tertiary/aromatic N) is 4. The van der Waals surface area contributed by atoms with Gasteiger partial charge in [0.05, 0.1) is 11.4 Å². The standard InChI is InChI=1S/C20H18N6OS2/c1-13-17(14-8-4-2-5-9-14)23-19(29-13)22-16(27)12-28-20-25-24-18(26(20)21)15-10-6-3-7-11-15/h2-11H,12,21H2,1H3,(H,22,23,27). The number of aromatic nitrogens is 4. The number of aryl methyl sites for hydroxylation is 1. The summed E-state index contributed by atoms with van der Waals surface area (Å²) in [6.45, 7) is 1.99. The van der Waals surface area contributed by atoms with Gasteiger partial charge in [0.1, 0.15) is 0 Å². The van der Waals surface area contributed by atoms with Crippen LogP contribution >= 0.6 is 23.1 Å². The molecule has 0 atom stereocenters. The van der Waals surface area contributed by atoms with E-state index in [0.717, 1.165) is 21.7 Å². The predicted molar refractivity (Wildman–Crippen MR) is 117 cm³/mol. The van der Waals surface area contributed by atoms with E-state index in [1.807, 2.05) is 67.6 Å². The van der Waals surface area contributed by atoms with Gasteiger partial charge in [-0.1, -0.05) is 72.4 Å². The van der Waals surface area contributed by atoms with Crippen molar-refractivity contribution in [3.8, 4) is 22.6 Å². The molecule has 2 aromatic heterocycles. The van der Waals surface area contributed by atoms with Crippen LogP contribution in [0.5, 0.6) is 0 Å². The second kappa shape index (κ2) is 8.46. The summed E-state index contributed by atoms with van der Waals surface area (Å²) in [6.07, 6.45) is 0. The van der Waals surface area contributed by atoms with Gasteiger partial charge in [-0.3, -0.25) is 4.79 Å². The normalized spacial score (nSPS) is 10.8. The number of thioether (sulfide) groups is 1. The van der Waals surface area contributed by atoms with Gasteiger partial charge in [-0.2, -0.15) is 0 Å². The number of nitrogens with two attached hydrogens (primary N) is 1. The number of rotatable bonds is 6. The Morgan fingerprint density at radius 2 is 1.72 bits per heavy atom. The van der Waals surface area contributed by atoms with Gasteiger partial charge in [0.2, 0.25) is 11.1 Å². The largest absolute Gasteiger partial charge is 0.335 e. The van der Waals surface area contributed by atoms with E-state index >= 15 is 0 Å². The fourth-order valence-electron chi connectivity index (χ4n) is 2.76. The topological polar surface area (TPSA) is 98.7 Å². The molecule has 0 aliphatic carbocycles. The van der Waals surface area contributed by atoms with Crippen molar-refractivity contribution in [1.29, 1.82) is 0 Å². The van der Waals surface area contributed by atoms with Crippen LogP contribution in [0.4, 0.5) is 5.13 Å². The number of thiazole rings is 1. The Balaban J connectivity index is 1.40. The molecule has 3 N–H and O–H groups in total. The molecule has 0 saturated heterocycles. The minimum absolute atomic E-state index is 0.156. The van der Waals surface area contributed by atoms with Crippen molar-refractivity contribution in [3.05, 3.63) is 65.5 Å². The Morgan fingerprint density at radius 1 is 1.07 bits per heavy atom. The summed E-state index contributed by atoms with van der Waals surface area (Å²) in [5.41, 5.74) is 2.78. The lowest BCUT2D eigenvalue weighted by molar-refractivity contribution is -0.113. The highest BCUT2D eigenvalue weighted by molar-refractivity contribution is 7.99. The summed E-state index contributed by atoms with van der Waals surface area (Å²) >= 11 is 2.68. The van der Waals surface area contributed by atoms with Crippen molar-refractivity contribution in [2.75, 3.05) is 16.9 Å². The van der Waals surface area contributed by atoms with Gasteiger partial charge in [0.15, 0.2) is 11.0 Å². The minimum atomic E-state index is -0.173. The number of nitrogens with one attached hydrogen (secondary N) is 1. The molecular formula is C20H18N6OS2. The zero-order chi connectivity index (χ0) is 20.2. The molecule has 0 spiro atoms. The van der Waals surface area contributed by atoms with Crippen molar-refractivity contribution in [2.45, 2.75) is 12.1 Å². The first kappa shape index (κ1) is 19.2. The maximum atomic E-state index is 12.4. The number of nitrogen functional groups attached to an aromatic ring is 1. The van der Waals surface area contributed by atoms with Crippen LogP contribution in [-0.4, -0.2) is 31.5 Å². The van der Waals surface area contributed by atoms with E-state index in [4.69, 9.17) is 5.84 Å². The Kier molecular flexibility index (Phi) is 5.59. The van der Waals surface area contributed by atoms with Gasteiger partial charge in [-0.05, 0) is 6.92 Å². The lowest BCUT2D eigenvalue weighted by atomic mass is 10.1. The first-order valence-electron chi connectivity index (χ1n) is 8.83. The molecule has 0 bridgehead atoms. The third-order valence-electron chi connectivity index (χ3n) is 4.12. The fraction of sp³-hybridized carbons (Fsp3) is 0.100. The molecule has 2 aromatic carbocycles. The molecule has 0 fully saturated rings. The third kappa shape index (κ3) is 4.30. The summed E-state index contributed by atoms with van der Waals surface area (Å²) in [6, 6.07) is 19.4. The molecule has 0 aliphatic heterocycles. The highest BCUT2D eigenvalue weighted by Crippen LogP contribution is 2.30. The second-order valence-corrected chi connectivity index (χ2v) is 8.31. The minimum Gasteiger partial charge on any atom is -0.335 e. The van der Waals surface area contributed by atoms with Crippen molar-refractivity contribution in [3.63, 3.8) is 0 Å². The number of amides is 1. The molecule has 4 aromatic rings. The van der Waals surface area contributed by atoms with Crippen molar-refractivity contribution in [1.82, 2.24) is 19.9 Å². The van der Waals surface area contributed by atoms with Crippen LogP contribution in [0.2, 0.25) is 0 Å². The third-order valence-corrected chi connectivity index (χ3v) is 5.95. The molecule has 0 radical (unpaired) electrons. The van der Waals surface area contributed by atoms with Crippen LogP contribution in [0, 0.1) is 6.92 Å².